The van der Waals surface area contributed by atoms with Crippen molar-refractivity contribution in [1.82, 2.24) is 14.5 Å². The number of nitrogens with one attached hydrogen (secondary N) is 1. The maximum absolute atomic E-state index is 12.8. The number of ether oxygens (including phenoxy) is 1. The van der Waals surface area contributed by atoms with Gasteiger partial charge in [0.2, 0.25) is 10.0 Å². The first kappa shape index (κ1) is 23.2. The highest BCUT2D eigenvalue weighted by Crippen LogP contribution is 2.18. The fraction of sp³-hybridized carbons (Fsp3) is 0.435. The van der Waals surface area contributed by atoms with Gasteiger partial charge in [0.25, 0.3) is 5.91 Å². The van der Waals surface area contributed by atoms with Gasteiger partial charge in [0.15, 0.2) is 0 Å². The Balaban J connectivity index is 1.54. The minimum atomic E-state index is -3.48. The monoisotopic (exact) mass is 445 g/mol. The maximum atomic E-state index is 12.8. The minimum Gasteiger partial charge on any atom is -0.493 e. The van der Waals surface area contributed by atoms with Gasteiger partial charge in [-0.3, -0.25) is 4.79 Å². The predicted molar refractivity (Wildman–Crippen MR) is 121 cm³/mol. The molecule has 31 heavy (non-hydrogen) atoms. The van der Waals surface area contributed by atoms with Crippen LogP contribution in [0.2, 0.25) is 0 Å². The minimum absolute atomic E-state index is 0.190. The molecule has 1 heterocycles. The zero-order valence-electron chi connectivity index (χ0n) is 18.4. The van der Waals surface area contributed by atoms with Gasteiger partial charge in [0, 0.05) is 38.3 Å². The Hall–Kier alpha value is -2.42. The van der Waals surface area contributed by atoms with Crippen LogP contribution >= 0.6 is 0 Å². The molecule has 0 atom stereocenters. The summed E-state index contributed by atoms with van der Waals surface area (Å²) in [6.45, 7) is 7.57. The van der Waals surface area contributed by atoms with E-state index in [1.54, 1.807) is 48.5 Å². The van der Waals surface area contributed by atoms with Crippen molar-refractivity contribution < 1.29 is 17.9 Å². The summed E-state index contributed by atoms with van der Waals surface area (Å²) < 4.78 is 32.7. The molecule has 2 aromatic rings. The molecule has 0 aromatic heterocycles. The molecule has 1 aliphatic heterocycles. The van der Waals surface area contributed by atoms with Crippen LogP contribution in [0.5, 0.6) is 5.75 Å². The molecule has 7 nitrogen and oxygen atoms in total. The maximum Gasteiger partial charge on any atom is 0.251 e. The van der Waals surface area contributed by atoms with E-state index in [-0.39, 0.29) is 10.8 Å². The average Bonchev–Trinajstić information content (AvgIpc) is 2.77. The molecule has 0 spiro atoms. The van der Waals surface area contributed by atoms with Crippen LogP contribution in [0.15, 0.2) is 53.4 Å². The van der Waals surface area contributed by atoms with Gasteiger partial charge in [0.1, 0.15) is 5.75 Å². The van der Waals surface area contributed by atoms with Crippen molar-refractivity contribution in [3.05, 3.63) is 59.7 Å². The number of carbonyl (C=O) groups is 1. The van der Waals surface area contributed by atoms with Crippen LogP contribution in [-0.2, 0) is 16.6 Å². The average molecular weight is 446 g/mol. The van der Waals surface area contributed by atoms with Crippen molar-refractivity contribution >= 4 is 15.9 Å². The van der Waals surface area contributed by atoms with E-state index in [1.807, 2.05) is 7.05 Å². The molecule has 1 aliphatic rings. The van der Waals surface area contributed by atoms with Gasteiger partial charge in [-0.1, -0.05) is 26.0 Å². The van der Waals surface area contributed by atoms with Gasteiger partial charge < -0.3 is 15.0 Å². The van der Waals surface area contributed by atoms with Crippen LogP contribution < -0.4 is 10.1 Å². The zero-order valence-corrected chi connectivity index (χ0v) is 19.2. The molecule has 1 amide bonds. The van der Waals surface area contributed by atoms with Gasteiger partial charge in [-0.15, -0.1) is 0 Å². The lowest BCUT2D eigenvalue weighted by Crippen LogP contribution is -2.47. The van der Waals surface area contributed by atoms with E-state index in [9.17, 15) is 13.2 Å². The van der Waals surface area contributed by atoms with Crippen LogP contribution in [0.25, 0.3) is 0 Å². The smallest absolute Gasteiger partial charge is 0.251 e. The molecule has 0 radical (unpaired) electrons. The number of sulfonamides is 1. The normalized spacial score (nSPS) is 15.7. The summed E-state index contributed by atoms with van der Waals surface area (Å²) in [4.78, 5) is 14.8. The number of likely N-dealkylation sites (N-methyl/N-ethyl adjacent to an activating group) is 1. The molecule has 168 valence electrons. The number of rotatable bonds is 8. The molecule has 0 bridgehead atoms. The Morgan fingerprint density at radius 3 is 2.19 bits per heavy atom. The summed E-state index contributed by atoms with van der Waals surface area (Å²) in [5, 5.41) is 2.87. The first-order valence-corrected chi connectivity index (χ1v) is 12.0. The predicted octanol–water partition coefficient (Wildman–Crippen LogP) is 2.59. The third-order valence-electron chi connectivity index (χ3n) is 5.18. The van der Waals surface area contributed by atoms with Gasteiger partial charge in [-0.05, 0) is 54.9 Å². The number of nitrogens with zero attached hydrogens (tertiary/aromatic N) is 2. The van der Waals surface area contributed by atoms with Gasteiger partial charge in [-0.25, -0.2) is 8.42 Å². The Morgan fingerprint density at radius 2 is 1.61 bits per heavy atom. The SMILES string of the molecule is CC(C)COc1ccc(C(=O)NCc2ccc(S(=O)(=O)N3CCN(C)CC3)cc2)cc1. The largest absolute Gasteiger partial charge is 0.493 e. The fourth-order valence-electron chi connectivity index (χ4n) is 3.21. The highest BCUT2D eigenvalue weighted by Gasteiger charge is 2.27. The number of benzene rings is 2. The number of hydrogen-bond donors (Lipinski definition) is 1. The molecule has 0 aliphatic carbocycles. The second kappa shape index (κ2) is 10.3. The molecule has 0 saturated carbocycles. The lowest BCUT2D eigenvalue weighted by molar-refractivity contribution is 0.0951. The third kappa shape index (κ3) is 6.29. The number of piperazine rings is 1. The van der Waals surface area contributed by atoms with Crippen LogP contribution in [0.1, 0.15) is 29.8 Å². The molecular formula is C23H31N3O4S. The summed E-state index contributed by atoms with van der Waals surface area (Å²) in [6.07, 6.45) is 0. The standard InChI is InChI=1S/C23H31N3O4S/c1-18(2)17-30-21-8-6-20(7-9-21)23(27)24-16-19-4-10-22(11-5-19)31(28,29)26-14-12-25(3)13-15-26/h4-11,18H,12-17H2,1-3H3,(H,24,27). The van der Waals surface area contributed by atoms with E-state index in [0.29, 0.717) is 37.7 Å². The summed E-state index contributed by atoms with van der Waals surface area (Å²) in [6, 6.07) is 13.7. The molecule has 0 unspecified atom stereocenters. The fourth-order valence-corrected chi connectivity index (χ4v) is 4.63. The summed E-state index contributed by atoms with van der Waals surface area (Å²) in [5.74, 6) is 0.984. The Labute approximate surface area is 185 Å². The van der Waals surface area contributed by atoms with Crippen molar-refractivity contribution in [2.24, 2.45) is 5.92 Å². The van der Waals surface area contributed by atoms with E-state index in [1.165, 1.54) is 4.31 Å². The summed E-state index contributed by atoms with van der Waals surface area (Å²) >= 11 is 0. The highest BCUT2D eigenvalue weighted by atomic mass is 32.2. The molecule has 8 heteroatoms. The Bertz CT molecular complexity index is 965. The van der Waals surface area contributed by atoms with Crippen molar-refractivity contribution in [2.75, 3.05) is 39.8 Å². The number of carbonyl (C=O) groups excluding carboxylic acids is 1. The molecule has 3 rings (SSSR count). The van der Waals surface area contributed by atoms with Crippen molar-refractivity contribution in [3.63, 3.8) is 0 Å². The number of hydrogen-bond acceptors (Lipinski definition) is 5. The number of amides is 1. The van der Waals surface area contributed by atoms with Crippen molar-refractivity contribution in [3.8, 4) is 5.75 Å². The molecule has 2 aromatic carbocycles. The van der Waals surface area contributed by atoms with E-state index < -0.39 is 10.0 Å². The zero-order chi connectivity index (χ0) is 22.4. The molecule has 1 N–H and O–H groups in total. The second-order valence-electron chi connectivity index (χ2n) is 8.26. The molecule has 1 fully saturated rings. The lowest BCUT2D eigenvalue weighted by atomic mass is 10.2. The van der Waals surface area contributed by atoms with Crippen molar-refractivity contribution in [2.45, 2.75) is 25.3 Å². The van der Waals surface area contributed by atoms with Gasteiger partial charge >= 0.3 is 0 Å². The lowest BCUT2D eigenvalue weighted by Gasteiger charge is -2.31. The van der Waals surface area contributed by atoms with Gasteiger partial charge in [0.05, 0.1) is 11.5 Å². The second-order valence-corrected chi connectivity index (χ2v) is 10.2. The van der Waals surface area contributed by atoms with Crippen LogP contribution in [0.4, 0.5) is 0 Å². The molecular weight excluding hydrogens is 414 g/mol. The Morgan fingerprint density at radius 1 is 1.00 bits per heavy atom. The third-order valence-corrected chi connectivity index (χ3v) is 7.09. The van der Waals surface area contributed by atoms with E-state index in [0.717, 1.165) is 24.4 Å². The van der Waals surface area contributed by atoms with E-state index in [2.05, 4.69) is 24.1 Å². The van der Waals surface area contributed by atoms with E-state index >= 15 is 0 Å². The first-order chi connectivity index (χ1) is 14.8. The Kier molecular flexibility index (Phi) is 7.69. The van der Waals surface area contributed by atoms with Crippen molar-refractivity contribution in [1.29, 1.82) is 0 Å². The van der Waals surface area contributed by atoms with Crippen LogP contribution in [0.3, 0.4) is 0 Å². The highest BCUT2D eigenvalue weighted by molar-refractivity contribution is 7.89. The molecule has 1 saturated heterocycles. The summed E-state index contributed by atoms with van der Waals surface area (Å²) in [5.41, 5.74) is 1.38. The quantitative estimate of drug-likeness (QED) is 0.676. The van der Waals surface area contributed by atoms with Crippen LogP contribution in [0, 0.1) is 5.92 Å². The van der Waals surface area contributed by atoms with Gasteiger partial charge in [-0.2, -0.15) is 4.31 Å². The van der Waals surface area contributed by atoms with Crippen LogP contribution in [-0.4, -0.2) is 63.4 Å². The first-order valence-electron chi connectivity index (χ1n) is 10.5. The van der Waals surface area contributed by atoms with E-state index in [4.69, 9.17) is 4.74 Å². The summed E-state index contributed by atoms with van der Waals surface area (Å²) in [7, 11) is -1.50. The topological polar surface area (TPSA) is 78.9 Å².